The van der Waals surface area contributed by atoms with Gasteiger partial charge in [0.25, 0.3) is 0 Å². The average Bonchev–Trinajstić information content (AvgIpc) is 4.07. The minimum atomic E-state index is -0.477. The van der Waals surface area contributed by atoms with Gasteiger partial charge in [0.2, 0.25) is 0 Å². The summed E-state index contributed by atoms with van der Waals surface area (Å²) in [7, 11) is 0. The molecule has 3 nitrogen and oxygen atoms in total. The highest BCUT2D eigenvalue weighted by molar-refractivity contribution is 6.16. The first-order chi connectivity index (χ1) is 31.8. The van der Waals surface area contributed by atoms with Crippen molar-refractivity contribution in [3.8, 4) is 33.6 Å². The third kappa shape index (κ3) is 4.60. The molecule has 2 aliphatic carbocycles. The second-order valence-electron chi connectivity index (χ2n) is 17.2. The maximum Gasteiger partial charge on any atom is 0.0782 e. The molecule has 298 valence electrons. The van der Waals surface area contributed by atoms with Crippen molar-refractivity contribution < 1.29 is 0 Å². The number of hydrogen-bond acceptors (Lipinski definition) is 1. The van der Waals surface area contributed by atoms with Crippen molar-refractivity contribution in [3.05, 3.63) is 259 Å². The lowest BCUT2D eigenvalue weighted by Crippen LogP contribution is -2.26. The van der Waals surface area contributed by atoms with Gasteiger partial charge in [-0.15, -0.1) is 0 Å². The third-order valence-corrected chi connectivity index (χ3v) is 14.1. The molecular formula is C61H39N3. The number of nitrogens with zero attached hydrogens (tertiary/aromatic N) is 3. The van der Waals surface area contributed by atoms with Gasteiger partial charge in [-0.2, -0.15) is 0 Å². The van der Waals surface area contributed by atoms with Crippen molar-refractivity contribution in [2.45, 2.75) is 5.41 Å². The largest absolute Gasteiger partial charge is 0.309 e. The molecule has 0 bridgehead atoms. The smallest absolute Gasteiger partial charge is 0.0782 e. The molecule has 14 rings (SSSR count). The molecule has 0 fully saturated rings. The van der Waals surface area contributed by atoms with Crippen LogP contribution in [-0.2, 0) is 5.41 Å². The van der Waals surface area contributed by atoms with E-state index in [0.29, 0.717) is 0 Å². The summed E-state index contributed by atoms with van der Waals surface area (Å²) >= 11 is 0. The fourth-order valence-corrected chi connectivity index (χ4v) is 11.7. The first-order valence-corrected chi connectivity index (χ1v) is 22.2. The molecule has 10 aromatic carbocycles. The Bertz CT molecular complexity index is 3810. The van der Waals surface area contributed by atoms with E-state index in [0.717, 1.165) is 39.5 Å². The van der Waals surface area contributed by atoms with Gasteiger partial charge in [0, 0.05) is 44.2 Å². The van der Waals surface area contributed by atoms with Gasteiger partial charge < -0.3 is 14.0 Å². The molecule has 0 amide bonds. The molecule has 0 N–H and O–H groups in total. The summed E-state index contributed by atoms with van der Waals surface area (Å²) in [5.74, 6) is 0. The zero-order chi connectivity index (χ0) is 41.9. The molecule has 12 aromatic rings. The molecule has 2 heterocycles. The van der Waals surface area contributed by atoms with Crippen molar-refractivity contribution in [1.82, 2.24) is 9.13 Å². The summed E-state index contributed by atoms with van der Waals surface area (Å²) < 4.78 is 4.90. The molecule has 0 unspecified atom stereocenters. The summed E-state index contributed by atoms with van der Waals surface area (Å²) in [4.78, 5) is 2.56. The van der Waals surface area contributed by atoms with Crippen LogP contribution in [0.3, 0.4) is 0 Å². The van der Waals surface area contributed by atoms with Crippen LogP contribution in [0, 0.1) is 0 Å². The van der Waals surface area contributed by atoms with E-state index in [1.165, 1.54) is 77.1 Å². The number of rotatable bonds is 5. The second kappa shape index (κ2) is 13.3. The predicted octanol–water partition coefficient (Wildman–Crippen LogP) is 15.7. The Kier molecular flexibility index (Phi) is 7.32. The van der Waals surface area contributed by atoms with Crippen LogP contribution >= 0.6 is 0 Å². The van der Waals surface area contributed by atoms with E-state index in [9.17, 15) is 0 Å². The zero-order valence-electron chi connectivity index (χ0n) is 34.9. The average molecular weight is 814 g/mol. The van der Waals surface area contributed by atoms with Crippen molar-refractivity contribution in [2.75, 3.05) is 4.90 Å². The lowest BCUT2D eigenvalue weighted by atomic mass is 9.70. The lowest BCUT2D eigenvalue weighted by Gasteiger charge is -2.32. The standard InChI is InChI=1S/C61H39N3/c1-3-19-40(20-4-1)62-54-33-15-10-25-45(54)47-38-37-42(39-58(47)62)63(57-36-17-28-48-46-26-11-16-34-55(46)64(60(48)57)41-21-5-2-6-22-41)56-35-18-32-53-59(56)49-27-9-14-31-52(49)61(53)50-29-12-7-23-43(50)44-24-8-13-30-51(44)61/h1-39H. The molecular weight excluding hydrogens is 775 g/mol. The van der Waals surface area contributed by atoms with E-state index >= 15 is 0 Å². The lowest BCUT2D eigenvalue weighted by molar-refractivity contribution is 0.794. The van der Waals surface area contributed by atoms with Crippen LogP contribution in [0.5, 0.6) is 0 Å². The van der Waals surface area contributed by atoms with Crippen LogP contribution in [0.25, 0.3) is 77.2 Å². The van der Waals surface area contributed by atoms with Gasteiger partial charge in [-0.05, 0) is 99.6 Å². The minimum absolute atomic E-state index is 0.477. The molecule has 0 radical (unpaired) electrons. The molecule has 0 aliphatic heterocycles. The Morgan fingerprint density at radius 2 is 0.781 bits per heavy atom. The van der Waals surface area contributed by atoms with Gasteiger partial charge >= 0.3 is 0 Å². The van der Waals surface area contributed by atoms with E-state index in [2.05, 4.69) is 251 Å². The van der Waals surface area contributed by atoms with Crippen LogP contribution in [0.15, 0.2) is 237 Å². The van der Waals surface area contributed by atoms with Gasteiger partial charge in [-0.3, -0.25) is 0 Å². The Morgan fingerprint density at radius 3 is 1.47 bits per heavy atom. The predicted molar refractivity (Wildman–Crippen MR) is 266 cm³/mol. The van der Waals surface area contributed by atoms with Gasteiger partial charge in [-0.1, -0.05) is 176 Å². The van der Waals surface area contributed by atoms with Crippen molar-refractivity contribution in [3.63, 3.8) is 0 Å². The van der Waals surface area contributed by atoms with E-state index in [4.69, 9.17) is 0 Å². The molecule has 0 saturated heterocycles. The summed E-state index contributed by atoms with van der Waals surface area (Å²) in [5.41, 5.74) is 20.3. The fraction of sp³-hybridized carbons (Fsp3) is 0.0164. The van der Waals surface area contributed by atoms with Gasteiger partial charge in [0.1, 0.15) is 0 Å². The Balaban J connectivity index is 1.14. The number of para-hydroxylation sites is 5. The fourth-order valence-electron chi connectivity index (χ4n) is 11.7. The van der Waals surface area contributed by atoms with E-state index in [1.807, 2.05) is 0 Å². The second-order valence-corrected chi connectivity index (χ2v) is 17.2. The normalized spacial score (nSPS) is 13.1. The highest BCUT2D eigenvalue weighted by Gasteiger charge is 2.52. The maximum absolute atomic E-state index is 2.56. The van der Waals surface area contributed by atoms with E-state index in [-0.39, 0.29) is 0 Å². The monoisotopic (exact) mass is 813 g/mol. The van der Waals surface area contributed by atoms with Crippen molar-refractivity contribution in [1.29, 1.82) is 0 Å². The van der Waals surface area contributed by atoms with Gasteiger partial charge in [0.15, 0.2) is 0 Å². The quantitative estimate of drug-likeness (QED) is 0.169. The summed E-state index contributed by atoms with van der Waals surface area (Å²) in [5, 5.41) is 4.90. The molecule has 2 aromatic heterocycles. The van der Waals surface area contributed by atoms with Crippen LogP contribution in [0.4, 0.5) is 17.1 Å². The number of benzene rings is 10. The summed E-state index contributed by atoms with van der Waals surface area (Å²) in [6, 6.07) is 87.6. The van der Waals surface area contributed by atoms with Crippen molar-refractivity contribution in [2.24, 2.45) is 0 Å². The van der Waals surface area contributed by atoms with E-state index < -0.39 is 5.41 Å². The number of fused-ring (bicyclic) bond motifs is 16. The highest BCUT2D eigenvalue weighted by Crippen LogP contribution is 2.65. The molecule has 64 heavy (non-hydrogen) atoms. The molecule has 0 atom stereocenters. The first-order valence-electron chi connectivity index (χ1n) is 22.2. The summed E-state index contributed by atoms with van der Waals surface area (Å²) in [6.45, 7) is 0. The van der Waals surface area contributed by atoms with Crippen LogP contribution in [0.2, 0.25) is 0 Å². The third-order valence-electron chi connectivity index (χ3n) is 14.1. The molecule has 0 saturated carbocycles. The summed E-state index contributed by atoms with van der Waals surface area (Å²) in [6.07, 6.45) is 0. The SMILES string of the molecule is c1ccc(-n2c3ccccc3c3ccc(N(c4cccc5c4-c4ccccc4C54c5ccccc5-c5ccccc54)c4cccc5c6ccccc6n(-c6ccccc6)c45)cc32)cc1. The van der Waals surface area contributed by atoms with Gasteiger partial charge in [-0.25, -0.2) is 0 Å². The maximum atomic E-state index is 2.56. The number of aromatic nitrogens is 2. The zero-order valence-corrected chi connectivity index (χ0v) is 34.9. The molecule has 3 heteroatoms. The topological polar surface area (TPSA) is 13.1 Å². The first kappa shape index (κ1) is 35.2. The minimum Gasteiger partial charge on any atom is -0.309 e. The Labute approximate surface area is 371 Å². The molecule has 2 aliphatic rings. The van der Waals surface area contributed by atoms with E-state index in [1.54, 1.807) is 0 Å². The van der Waals surface area contributed by atoms with Crippen molar-refractivity contribution >= 4 is 60.7 Å². The Hall–Kier alpha value is -8.40. The number of anilines is 3. The highest BCUT2D eigenvalue weighted by atomic mass is 15.2. The van der Waals surface area contributed by atoms with Crippen LogP contribution in [-0.4, -0.2) is 9.13 Å². The van der Waals surface area contributed by atoms with Crippen LogP contribution < -0.4 is 4.90 Å². The Morgan fingerprint density at radius 1 is 0.312 bits per heavy atom. The van der Waals surface area contributed by atoms with Gasteiger partial charge in [0.05, 0.1) is 38.9 Å². The number of hydrogen-bond donors (Lipinski definition) is 0. The van der Waals surface area contributed by atoms with Crippen LogP contribution in [0.1, 0.15) is 22.3 Å². The molecule has 1 spiro atoms.